The van der Waals surface area contributed by atoms with Crippen LogP contribution in [0.25, 0.3) is 0 Å². The molecule has 19 heavy (non-hydrogen) atoms. The molecule has 0 heterocycles. The van der Waals surface area contributed by atoms with Crippen molar-refractivity contribution in [2.45, 2.75) is 31.4 Å². The minimum atomic E-state index is -6.55. The molecule has 0 rings (SSSR count). The van der Waals surface area contributed by atoms with E-state index in [1.807, 2.05) is 0 Å². The predicted molar refractivity (Wildman–Crippen MR) is 48.0 cm³/mol. The fourth-order valence-electron chi connectivity index (χ4n) is 0.867. The second kappa shape index (κ2) is 6.40. The van der Waals surface area contributed by atoms with Crippen molar-refractivity contribution in [3.63, 3.8) is 0 Å². The molecule has 0 aromatic rings. The second-order valence-corrected chi connectivity index (χ2v) is 3.33. The molecule has 0 spiro atoms. The molecule has 0 saturated carbocycles. The molecule has 3 nitrogen and oxygen atoms in total. The summed E-state index contributed by atoms with van der Waals surface area (Å²) in [6, 6.07) is 0. The summed E-state index contributed by atoms with van der Waals surface area (Å²) in [4.78, 5) is 10.6. The third kappa shape index (κ3) is 4.22. The van der Waals surface area contributed by atoms with Crippen molar-refractivity contribution in [1.82, 2.24) is 0 Å². The Hall–Kier alpha value is -1.06. The van der Waals surface area contributed by atoms with Crippen LogP contribution in [0.5, 0.6) is 0 Å². The van der Waals surface area contributed by atoms with Gasteiger partial charge in [0.2, 0.25) is 0 Å². The molecule has 0 aliphatic heterocycles. The Morgan fingerprint density at radius 2 is 1.53 bits per heavy atom. The molecule has 0 N–H and O–H groups in total. The van der Waals surface area contributed by atoms with E-state index in [2.05, 4.69) is 4.74 Å². The van der Waals surface area contributed by atoms with E-state index in [9.17, 15) is 35.5 Å². The van der Waals surface area contributed by atoms with E-state index >= 15 is 0 Å². The zero-order valence-electron chi connectivity index (χ0n) is 9.70. The number of rotatable bonds is 7. The average Bonchev–Trinajstić information content (AvgIpc) is 2.26. The van der Waals surface area contributed by atoms with Crippen molar-refractivity contribution in [3.8, 4) is 0 Å². The van der Waals surface area contributed by atoms with Gasteiger partial charge in [-0.3, -0.25) is 0 Å². The highest BCUT2D eigenvalue weighted by molar-refractivity contribution is 5.79. The normalized spacial score (nSPS) is 13.5. The highest BCUT2D eigenvalue weighted by atomic mass is 19.4. The standard InChI is InChI=1S/C9H11F7O3/c1-2-18-4-3-5-19-6(17)7(10,11)8(12,13)9(14,15)16/h2-5H2,1H3. The molecule has 0 amide bonds. The number of hydrogen-bond acceptors (Lipinski definition) is 3. The summed E-state index contributed by atoms with van der Waals surface area (Å²) in [6.45, 7) is 1.15. The van der Waals surface area contributed by atoms with Crippen LogP contribution in [0.2, 0.25) is 0 Å². The maximum absolute atomic E-state index is 12.7. The van der Waals surface area contributed by atoms with Gasteiger partial charge in [0, 0.05) is 19.6 Å². The minimum Gasteiger partial charge on any atom is -0.461 e. The van der Waals surface area contributed by atoms with Gasteiger partial charge >= 0.3 is 24.0 Å². The zero-order valence-corrected chi connectivity index (χ0v) is 9.70. The van der Waals surface area contributed by atoms with Crippen molar-refractivity contribution in [2.75, 3.05) is 19.8 Å². The highest BCUT2D eigenvalue weighted by Crippen LogP contribution is 2.46. The van der Waals surface area contributed by atoms with Crippen LogP contribution in [-0.2, 0) is 14.3 Å². The van der Waals surface area contributed by atoms with Gasteiger partial charge in [0.05, 0.1) is 6.61 Å². The largest absolute Gasteiger partial charge is 0.461 e. The Labute approximate surface area is 103 Å². The Bertz CT molecular complexity index is 301. The number of carbonyl (C=O) groups is 1. The maximum Gasteiger partial charge on any atom is 0.460 e. The first kappa shape index (κ1) is 17.9. The van der Waals surface area contributed by atoms with Crippen LogP contribution in [0, 0.1) is 0 Å². The molecule has 0 fully saturated rings. The fraction of sp³-hybridized carbons (Fsp3) is 0.889. The number of halogens is 7. The predicted octanol–water partition coefficient (Wildman–Crippen LogP) is 2.79. The van der Waals surface area contributed by atoms with Gasteiger partial charge in [-0.15, -0.1) is 0 Å². The zero-order chi connectivity index (χ0) is 15.3. The molecule has 0 aliphatic rings. The summed E-state index contributed by atoms with van der Waals surface area (Å²) in [5.74, 6) is -15.4. The van der Waals surface area contributed by atoms with Gasteiger partial charge in [0.25, 0.3) is 0 Å². The van der Waals surface area contributed by atoms with E-state index in [1.165, 1.54) is 0 Å². The highest BCUT2D eigenvalue weighted by Gasteiger charge is 2.77. The monoisotopic (exact) mass is 300 g/mol. The van der Waals surface area contributed by atoms with Crippen LogP contribution in [0.15, 0.2) is 0 Å². The maximum atomic E-state index is 12.7. The molecule has 0 bridgehead atoms. The van der Waals surface area contributed by atoms with Crippen molar-refractivity contribution < 1.29 is 45.0 Å². The Morgan fingerprint density at radius 1 is 1.00 bits per heavy atom. The molecule has 0 saturated heterocycles. The first-order valence-corrected chi connectivity index (χ1v) is 5.05. The van der Waals surface area contributed by atoms with Gasteiger partial charge in [-0.1, -0.05) is 0 Å². The van der Waals surface area contributed by atoms with Crippen LogP contribution in [0.4, 0.5) is 30.7 Å². The van der Waals surface area contributed by atoms with E-state index in [0.717, 1.165) is 0 Å². The minimum absolute atomic E-state index is 0.00891. The second-order valence-electron chi connectivity index (χ2n) is 3.33. The quantitative estimate of drug-likeness (QED) is 0.412. The number of alkyl halides is 7. The summed E-state index contributed by atoms with van der Waals surface area (Å²) in [7, 11) is 0. The summed E-state index contributed by atoms with van der Waals surface area (Å²) >= 11 is 0. The molecule has 114 valence electrons. The summed E-state index contributed by atoms with van der Waals surface area (Å²) in [6.07, 6.45) is -6.66. The first-order chi connectivity index (χ1) is 8.48. The smallest absolute Gasteiger partial charge is 0.460 e. The summed E-state index contributed by atoms with van der Waals surface area (Å²) in [5, 5.41) is 0. The summed E-state index contributed by atoms with van der Waals surface area (Å²) in [5.41, 5.74) is 0. The van der Waals surface area contributed by atoms with Crippen molar-refractivity contribution in [1.29, 1.82) is 0 Å². The molecular formula is C9H11F7O3. The number of ether oxygens (including phenoxy) is 2. The van der Waals surface area contributed by atoms with Crippen molar-refractivity contribution in [2.24, 2.45) is 0 Å². The lowest BCUT2D eigenvalue weighted by atomic mass is 10.1. The lowest BCUT2D eigenvalue weighted by Crippen LogP contribution is -2.56. The van der Waals surface area contributed by atoms with E-state index in [4.69, 9.17) is 4.74 Å². The van der Waals surface area contributed by atoms with Gasteiger partial charge in [-0.05, 0) is 6.92 Å². The molecule has 0 aromatic carbocycles. The van der Waals surface area contributed by atoms with Crippen LogP contribution in [0.3, 0.4) is 0 Å². The lowest BCUT2D eigenvalue weighted by molar-refractivity contribution is -0.348. The average molecular weight is 300 g/mol. The van der Waals surface area contributed by atoms with Crippen LogP contribution in [0.1, 0.15) is 13.3 Å². The van der Waals surface area contributed by atoms with E-state index in [-0.39, 0.29) is 19.6 Å². The Morgan fingerprint density at radius 3 is 1.95 bits per heavy atom. The van der Waals surface area contributed by atoms with Gasteiger partial charge in [0.1, 0.15) is 0 Å². The summed E-state index contributed by atoms with van der Waals surface area (Å²) < 4.78 is 93.7. The van der Waals surface area contributed by atoms with Crippen LogP contribution < -0.4 is 0 Å². The third-order valence-electron chi connectivity index (χ3n) is 1.88. The lowest BCUT2D eigenvalue weighted by Gasteiger charge is -2.26. The first-order valence-electron chi connectivity index (χ1n) is 5.05. The van der Waals surface area contributed by atoms with E-state index in [0.29, 0.717) is 0 Å². The third-order valence-corrected chi connectivity index (χ3v) is 1.88. The van der Waals surface area contributed by atoms with E-state index < -0.39 is 30.6 Å². The van der Waals surface area contributed by atoms with Gasteiger partial charge < -0.3 is 9.47 Å². The molecule has 0 radical (unpaired) electrons. The van der Waals surface area contributed by atoms with Crippen molar-refractivity contribution >= 4 is 5.97 Å². The Kier molecular flexibility index (Phi) is 6.04. The molecule has 0 aliphatic carbocycles. The Balaban J connectivity index is 4.52. The molecule has 0 atom stereocenters. The molecular weight excluding hydrogens is 289 g/mol. The van der Waals surface area contributed by atoms with Crippen molar-refractivity contribution in [3.05, 3.63) is 0 Å². The van der Waals surface area contributed by atoms with Crippen LogP contribution >= 0.6 is 0 Å². The fourth-order valence-corrected chi connectivity index (χ4v) is 0.867. The SMILES string of the molecule is CCOCCCOC(=O)C(F)(F)C(F)(F)C(F)(F)F. The molecule has 10 heteroatoms. The number of hydrogen-bond donors (Lipinski definition) is 0. The van der Waals surface area contributed by atoms with Gasteiger partial charge in [0.15, 0.2) is 0 Å². The molecule has 0 aromatic heterocycles. The topological polar surface area (TPSA) is 35.5 Å². The van der Waals surface area contributed by atoms with E-state index in [1.54, 1.807) is 6.92 Å². The number of carbonyl (C=O) groups excluding carboxylic acids is 1. The van der Waals surface area contributed by atoms with Crippen LogP contribution in [-0.4, -0.2) is 43.8 Å². The van der Waals surface area contributed by atoms with Gasteiger partial charge in [-0.25, -0.2) is 4.79 Å². The number of esters is 1. The molecule has 0 unspecified atom stereocenters. The van der Waals surface area contributed by atoms with Gasteiger partial charge in [-0.2, -0.15) is 30.7 Å².